The number of hydrogen-bond acceptors (Lipinski definition) is 8. The Hall–Kier alpha value is -4.66. The van der Waals surface area contributed by atoms with Gasteiger partial charge in [0.15, 0.2) is 29.7 Å². The minimum Gasteiger partial charge on any atom is -0.496 e. The summed E-state index contributed by atoms with van der Waals surface area (Å²) < 4.78 is 20.8. The van der Waals surface area contributed by atoms with Gasteiger partial charge in [-0.1, -0.05) is 36.4 Å². The lowest BCUT2D eigenvalue weighted by Gasteiger charge is -2.20. The SMILES string of the molecule is COc1cc(OC)c(C(=O)OCC(=O)Nc2cccc3c2C(=O)c2ccccc2C3=O)cc1OC. The average molecular weight is 475 g/mol. The van der Waals surface area contributed by atoms with Gasteiger partial charge in [-0.25, -0.2) is 4.79 Å². The van der Waals surface area contributed by atoms with E-state index in [1.807, 2.05) is 0 Å². The van der Waals surface area contributed by atoms with Gasteiger partial charge >= 0.3 is 5.97 Å². The van der Waals surface area contributed by atoms with Crippen LogP contribution in [0.4, 0.5) is 5.69 Å². The number of hydrogen-bond donors (Lipinski definition) is 1. The van der Waals surface area contributed by atoms with E-state index < -0.39 is 18.5 Å². The molecule has 1 N–H and O–H groups in total. The van der Waals surface area contributed by atoms with Crippen molar-refractivity contribution in [3.05, 3.63) is 82.4 Å². The summed E-state index contributed by atoms with van der Waals surface area (Å²) in [6, 6.07) is 14.0. The van der Waals surface area contributed by atoms with Crippen molar-refractivity contribution >= 4 is 29.1 Å². The zero-order chi connectivity index (χ0) is 25.1. The maximum absolute atomic E-state index is 13.1. The van der Waals surface area contributed by atoms with Crippen LogP contribution in [0.25, 0.3) is 0 Å². The van der Waals surface area contributed by atoms with E-state index in [4.69, 9.17) is 18.9 Å². The van der Waals surface area contributed by atoms with E-state index in [-0.39, 0.29) is 51.0 Å². The van der Waals surface area contributed by atoms with Crippen LogP contribution in [0.2, 0.25) is 0 Å². The molecule has 0 radical (unpaired) electrons. The Balaban J connectivity index is 1.52. The first kappa shape index (κ1) is 23.5. The standard InChI is InChI=1S/C26H21NO8/c1-32-19-12-21(34-3)20(33-2)11-17(19)26(31)35-13-22(28)27-18-10-6-9-16-23(18)25(30)15-8-5-4-7-14(15)24(16)29/h4-12H,13H2,1-3H3,(H,27,28). The number of benzene rings is 3. The van der Waals surface area contributed by atoms with E-state index in [1.54, 1.807) is 30.3 Å². The lowest BCUT2D eigenvalue weighted by molar-refractivity contribution is -0.119. The van der Waals surface area contributed by atoms with Crippen LogP contribution >= 0.6 is 0 Å². The van der Waals surface area contributed by atoms with E-state index in [9.17, 15) is 19.2 Å². The van der Waals surface area contributed by atoms with Gasteiger partial charge in [0.25, 0.3) is 5.91 Å². The number of ketones is 2. The minimum absolute atomic E-state index is 0.0346. The molecule has 1 amide bonds. The Morgan fingerprint density at radius 1 is 0.743 bits per heavy atom. The zero-order valence-corrected chi connectivity index (χ0v) is 19.2. The molecule has 0 bridgehead atoms. The van der Waals surface area contributed by atoms with Crippen LogP contribution in [0.5, 0.6) is 17.2 Å². The predicted molar refractivity (Wildman–Crippen MR) is 125 cm³/mol. The number of rotatable bonds is 7. The number of fused-ring (bicyclic) bond motifs is 2. The van der Waals surface area contributed by atoms with Crippen LogP contribution < -0.4 is 19.5 Å². The van der Waals surface area contributed by atoms with E-state index in [1.165, 1.54) is 45.6 Å². The zero-order valence-electron chi connectivity index (χ0n) is 19.2. The monoisotopic (exact) mass is 475 g/mol. The van der Waals surface area contributed by atoms with Crippen molar-refractivity contribution in [3.8, 4) is 17.2 Å². The van der Waals surface area contributed by atoms with Crippen molar-refractivity contribution in [2.24, 2.45) is 0 Å². The van der Waals surface area contributed by atoms with Crippen molar-refractivity contribution < 1.29 is 38.1 Å². The van der Waals surface area contributed by atoms with Crippen LogP contribution in [0.1, 0.15) is 42.2 Å². The smallest absolute Gasteiger partial charge is 0.342 e. The Labute approximate surface area is 200 Å². The lowest BCUT2D eigenvalue weighted by Crippen LogP contribution is -2.26. The second-order valence-electron chi connectivity index (χ2n) is 7.46. The molecule has 0 saturated heterocycles. The summed E-state index contributed by atoms with van der Waals surface area (Å²) in [7, 11) is 4.23. The molecule has 3 aromatic rings. The Kier molecular flexibility index (Phi) is 6.50. The Morgan fingerprint density at radius 3 is 2.00 bits per heavy atom. The van der Waals surface area contributed by atoms with Crippen molar-refractivity contribution in [1.29, 1.82) is 0 Å². The molecule has 0 spiro atoms. The summed E-state index contributed by atoms with van der Waals surface area (Å²) in [5.41, 5.74) is 1.05. The third-order valence-corrected chi connectivity index (χ3v) is 5.49. The quantitative estimate of drug-likeness (QED) is 0.405. The molecule has 0 heterocycles. The highest BCUT2D eigenvalue weighted by Crippen LogP contribution is 2.35. The molecule has 35 heavy (non-hydrogen) atoms. The highest BCUT2D eigenvalue weighted by molar-refractivity contribution is 6.30. The Bertz CT molecular complexity index is 1360. The summed E-state index contributed by atoms with van der Waals surface area (Å²) in [6.45, 7) is -0.640. The average Bonchev–Trinajstić information content (AvgIpc) is 2.89. The van der Waals surface area contributed by atoms with Gasteiger partial charge in [0, 0.05) is 28.8 Å². The van der Waals surface area contributed by atoms with E-state index in [2.05, 4.69) is 5.32 Å². The maximum Gasteiger partial charge on any atom is 0.342 e. The number of methoxy groups -OCH3 is 3. The molecule has 9 nitrogen and oxygen atoms in total. The fourth-order valence-electron chi connectivity index (χ4n) is 3.83. The second kappa shape index (κ2) is 9.68. The first-order valence-electron chi connectivity index (χ1n) is 10.5. The maximum atomic E-state index is 13.1. The highest BCUT2D eigenvalue weighted by atomic mass is 16.5. The van der Waals surface area contributed by atoms with Crippen LogP contribution in [-0.2, 0) is 9.53 Å². The molecule has 1 aliphatic carbocycles. The van der Waals surface area contributed by atoms with Crippen LogP contribution in [0, 0.1) is 0 Å². The van der Waals surface area contributed by atoms with Crippen molar-refractivity contribution in [1.82, 2.24) is 0 Å². The first-order chi connectivity index (χ1) is 16.9. The number of ether oxygens (including phenoxy) is 4. The van der Waals surface area contributed by atoms with Crippen molar-refractivity contribution in [3.63, 3.8) is 0 Å². The summed E-state index contributed by atoms with van der Waals surface area (Å²) in [5, 5.41) is 2.56. The normalized spacial score (nSPS) is 11.7. The topological polar surface area (TPSA) is 117 Å². The number of carbonyl (C=O) groups is 4. The molecule has 3 aromatic carbocycles. The van der Waals surface area contributed by atoms with Gasteiger partial charge in [-0.3, -0.25) is 14.4 Å². The fourth-order valence-corrected chi connectivity index (χ4v) is 3.83. The van der Waals surface area contributed by atoms with Gasteiger partial charge < -0.3 is 24.3 Å². The number of esters is 1. The van der Waals surface area contributed by atoms with Crippen LogP contribution in [0.3, 0.4) is 0 Å². The largest absolute Gasteiger partial charge is 0.496 e. The van der Waals surface area contributed by atoms with E-state index in [0.717, 1.165) is 0 Å². The molecule has 0 atom stereocenters. The van der Waals surface area contributed by atoms with E-state index >= 15 is 0 Å². The summed E-state index contributed by atoms with van der Waals surface area (Å²) in [6.07, 6.45) is 0. The minimum atomic E-state index is -0.826. The highest BCUT2D eigenvalue weighted by Gasteiger charge is 2.31. The molecule has 1 aliphatic rings. The number of carbonyl (C=O) groups excluding carboxylic acids is 4. The molecule has 178 valence electrons. The molecule has 4 rings (SSSR count). The van der Waals surface area contributed by atoms with E-state index in [0.29, 0.717) is 11.3 Å². The Morgan fingerprint density at radius 2 is 1.34 bits per heavy atom. The molecule has 0 fully saturated rings. The van der Waals surface area contributed by atoms with Crippen molar-refractivity contribution in [2.45, 2.75) is 0 Å². The summed E-state index contributed by atoms with van der Waals surface area (Å²) >= 11 is 0. The van der Waals surface area contributed by atoms with Gasteiger partial charge in [-0.2, -0.15) is 0 Å². The van der Waals surface area contributed by atoms with Gasteiger partial charge in [0.1, 0.15) is 11.3 Å². The number of amides is 1. The summed E-state index contributed by atoms with van der Waals surface area (Å²) in [5.74, 6) is -1.39. The number of nitrogens with one attached hydrogen (secondary N) is 1. The molecule has 9 heteroatoms. The van der Waals surface area contributed by atoms with Gasteiger partial charge in [-0.15, -0.1) is 0 Å². The fraction of sp³-hybridized carbons (Fsp3) is 0.154. The predicted octanol–water partition coefficient (Wildman–Crippen LogP) is 3.28. The molecular formula is C26H21NO8. The van der Waals surface area contributed by atoms with Crippen LogP contribution in [-0.4, -0.2) is 51.4 Å². The molecule has 0 unspecified atom stereocenters. The second-order valence-corrected chi connectivity index (χ2v) is 7.46. The number of anilines is 1. The lowest BCUT2D eigenvalue weighted by atomic mass is 9.83. The third kappa shape index (κ3) is 4.31. The third-order valence-electron chi connectivity index (χ3n) is 5.49. The van der Waals surface area contributed by atoms with Gasteiger partial charge in [-0.05, 0) is 6.07 Å². The van der Waals surface area contributed by atoms with Crippen LogP contribution in [0.15, 0.2) is 54.6 Å². The van der Waals surface area contributed by atoms with Gasteiger partial charge in [0.05, 0.1) is 32.6 Å². The molecular weight excluding hydrogens is 454 g/mol. The molecule has 0 aliphatic heterocycles. The molecule has 0 aromatic heterocycles. The van der Waals surface area contributed by atoms with Gasteiger partial charge in [0.2, 0.25) is 0 Å². The first-order valence-corrected chi connectivity index (χ1v) is 10.5. The van der Waals surface area contributed by atoms with Crippen molar-refractivity contribution in [2.75, 3.05) is 33.3 Å². The molecule has 0 saturated carbocycles. The summed E-state index contributed by atoms with van der Waals surface area (Å²) in [4.78, 5) is 51.1.